The zero-order valence-corrected chi connectivity index (χ0v) is 18.8. The van der Waals surface area contributed by atoms with Crippen LogP contribution in [0.2, 0.25) is 0 Å². The molecule has 0 radical (unpaired) electrons. The van der Waals surface area contributed by atoms with Gasteiger partial charge >= 0.3 is 17.9 Å². The number of hydrogen-bond donors (Lipinski definition) is 6. The van der Waals surface area contributed by atoms with Gasteiger partial charge in [-0.05, 0) is 18.4 Å². The lowest BCUT2D eigenvalue weighted by Gasteiger charge is -2.37. The standard InChI is InChI=1S/C15H18N6O.C6H8O7/c1-10-4-7-21(13(22)2-5-16)8-12(10)20-15-11-3-6-17-14(11)18-9-19-15;7-3(8)1-6(13,5(11)12)2-4(9)10/h3,6,9-10,12H,2,4,7-8H2,1H3,(H2,17,18,19,20);13H,1-2H2,(H,7,8)(H,9,10)(H,11,12)/t10-,12-;/m1./s1. The summed E-state index contributed by atoms with van der Waals surface area (Å²) in [4.78, 5) is 55.7. The number of carboxylic acids is 3. The van der Waals surface area contributed by atoms with Crippen LogP contribution in [0.3, 0.4) is 0 Å². The summed E-state index contributed by atoms with van der Waals surface area (Å²) in [5, 5.41) is 46.9. The van der Waals surface area contributed by atoms with Gasteiger partial charge in [-0.2, -0.15) is 5.26 Å². The number of aliphatic carboxylic acids is 3. The molecule has 1 aliphatic rings. The van der Waals surface area contributed by atoms with Gasteiger partial charge in [-0.1, -0.05) is 6.92 Å². The number of likely N-dealkylation sites (tertiary alicyclic amines) is 1. The van der Waals surface area contributed by atoms with Crippen LogP contribution in [0, 0.1) is 17.2 Å². The Balaban J connectivity index is 0.000000287. The molecule has 1 amide bonds. The minimum atomic E-state index is -2.74. The first kappa shape index (κ1) is 27.0. The molecule has 188 valence electrons. The normalized spacial score (nSPS) is 17.6. The van der Waals surface area contributed by atoms with E-state index in [2.05, 4.69) is 27.2 Å². The molecular weight excluding hydrogens is 464 g/mol. The van der Waals surface area contributed by atoms with Gasteiger partial charge in [0.2, 0.25) is 5.91 Å². The quantitative estimate of drug-likeness (QED) is 0.293. The van der Waals surface area contributed by atoms with Crippen LogP contribution in [0.25, 0.3) is 11.0 Å². The second-order valence-electron chi connectivity index (χ2n) is 8.13. The second-order valence-corrected chi connectivity index (χ2v) is 8.13. The molecule has 2 atom stereocenters. The van der Waals surface area contributed by atoms with Crippen molar-refractivity contribution in [2.24, 2.45) is 5.92 Å². The molecule has 2 aromatic heterocycles. The molecule has 1 aliphatic heterocycles. The Hall–Kier alpha value is -4.25. The molecule has 0 bridgehead atoms. The van der Waals surface area contributed by atoms with Gasteiger partial charge in [-0.3, -0.25) is 14.4 Å². The summed E-state index contributed by atoms with van der Waals surface area (Å²) in [5.74, 6) is -3.92. The van der Waals surface area contributed by atoms with E-state index in [1.165, 1.54) is 6.33 Å². The number of rotatable bonds is 8. The number of carbonyl (C=O) groups excluding carboxylic acids is 1. The van der Waals surface area contributed by atoms with E-state index < -0.39 is 36.4 Å². The molecule has 1 fully saturated rings. The lowest BCUT2D eigenvalue weighted by molar-refractivity contribution is -0.170. The summed E-state index contributed by atoms with van der Waals surface area (Å²) in [7, 11) is 0. The predicted octanol–water partition coefficient (Wildman–Crippen LogP) is 0.272. The van der Waals surface area contributed by atoms with Crippen molar-refractivity contribution in [1.82, 2.24) is 19.9 Å². The number of carbonyl (C=O) groups is 4. The highest BCUT2D eigenvalue weighted by molar-refractivity contribution is 5.88. The predicted molar refractivity (Wildman–Crippen MR) is 119 cm³/mol. The average Bonchev–Trinajstić information content (AvgIpc) is 3.24. The Labute approximate surface area is 199 Å². The molecular formula is C21H26N6O8. The van der Waals surface area contributed by atoms with Crippen LogP contribution in [-0.2, 0) is 19.2 Å². The molecule has 6 N–H and O–H groups in total. The number of aromatic nitrogens is 3. The fraction of sp³-hybridized carbons (Fsp3) is 0.476. The molecule has 14 heteroatoms. The van der Waals surface area contributed by atoms with Crippen molar-refractivity contribution < 1.29 is 39.6 Å². The largest absolute Gasteiger partial charge is 0.481 e. The number of nitriles is 1. The Bertz CT molecular complexity index is 1110. The molecule has 0 aromatic carbocycles. The number of aromatic amines is 1. The molecule has 0 saturated carbocycles. The van der Waals surface area contributed by atoms with Gasteiger partial charge in [0.15, 0.2) is 5.60 Å². The second kappa shape index (κ2) is 11.7. The van der Waals surface area contributed by atoms with Gasteiger partial charge < -0.3 is 35.6 Å². The third-order valence-corrected chi connectivity index (χ3v) is 5.50. The molecule has 14 nitrogen and oxygen atoms in total. The van der Waals surface area contributed by atoms with Crippen molar-refractivity contribution >= 4 is 40.7 Å². The molecule has 3 rings (SSSR count). The van der Waals surface area contributed by atoms with Crippen molar-refractivity contribution in [1.29, 1.82) is 5.26 Å². The summed E-state index contributed by atoms with van der Waals surface area (Å²) in [5.41, 5.74) is -1.95. The van der Waals surface area contributed by atoms with Crippen LogP contribution >= 0.6 is 0 Å². The first-order chi connectivity index (χ1) is 16.5. The lowest BCUT2D eigenvalue weighted by atomic mass is 9.93. The fourth-order valence-electron chi connectivity index (χ4n) is 3.54. The molecule has 35 heavy (non-hydrogen) atoms. The van der Waals surface area contributed by atoms with E-state index in [4.69, 9.17) is 25.7 Å². The Morgan fingerprint density at radius 3 is 2.46 bits per heavy atom. The monoisotopic (exact) mass is 490 g/mol. The number of H-pyrrole nitrogens is 1. The topological polar surface area (TPSA) is 230 Å². The van der Waals surface area contributed by atoms with E-state index in [0.717, 1.165) is 23.3 Å². The molecule has 1 saturated heterocycles. The van der Waals surface area contributed by atoms with E-state index in [-0.39, 0.29) is 18.4 Å². The molecule has 0 unspecified atom stereocenters. The number of carboxylic acid groups (broad SMARTS) is 3. The number of fused-ring (bicyclic) bond motifs is 1. The number of nitrogens with zero attached hydrogens (tertiary/aromatic N) is 4. The summed E-state index contributed by atoms with van der Waals surface area (Å²) in [6, 6.07) is 3.97. The van der Waals surface area contributed by atoms with Crippen LogP contribution in [0.5, 0.6) is 0 Å². The van der Waals surface area contributed by atoms with Crippen molar-refractivity contribution in [2.75, 3.05) is 18.4 Å². The van der Waals surface area contributed by atoms with Crippen molar-refractivity contribution in [3.8, 4) is 6.07 Å². The Kier molecular flexibility index (Phi) is 9.06. The minimum absolute atomic E-state index is 0.0589. The van der Waals surface area contributed by atoms with E-state index in [9.17, 15) is 19.2 Å². The minimum Gasteiger partial charge on any atom is -0.481 e. The maximum atomic E-state index is 11.9. The average molecular weight is 490 g/mol. The lowest BCUT2D eigenvalue weighted by Crippen LogP contribution is -2.49. The van der Waals surface area contributed by atoms with Crippen LogP contribution in [0.1, 0.15) is 32.6 Å². The third kappa shape index (κ3) is 7.37. The van der Waals surface area contributed by atoms with Gasteiger partial charge in [-0.25, -0.2) is 14.8 Å². The molecule has 0 aliphatic carbocycles. The highest BCUT2D eigenvalue weighted by atomic mass is 16.4. The number of amides is 1. The summed E-state index contributed by atoms with van der Waals surface area (Å²) >= 11 is 0. The number of nitrogens with one attached hydrogen (secondary N) is 2. The van der Waals surface area contributed by atoms with E-state index in [1.807, 2.05) is 18.3 Å². The SMILES string of the molecule is C[C@@H]1CCN(C(=O)CC#N)C[C@H]1Nc1ncnc2[nH]ccc12.O=C(O)CC(O)(CC(=O)O)C(=O)O. The van der Waals surface area contributed by atoms with Crippen LogP contribution < -0.4 is 5.32 Å². The number of anilines is 1. The number of piperidine rings is 1. The van der Waals surface area contributed by atoms with Crippen molar-refractivity contribution in [2.45, 2.75) is 44.2 Å². The zero-order valence-electron chi connectivity index (χ0n) is 18.8. The van der Waals surface area contributed by atoms with Crippen LogP contribution in [0.4, 0.5) is 5.82 Å². The number of hydrogen-bond acceptors (Lipinski definition) is 9. The molecule has 2 aromatic rings. The van der Waals surface area contributed by atoms with Crippen molar-refractivity contribution in [3.05, 3.63) is 18.6 Å². The molecule has 3 heterocycles. The first-order valence-corrected chi connectivity index (χ1v) is 10.6. The first-order valence-electron chi connectivity index (χ1n) is 10.6. The van der Waals surface area contributed by atoms with Crippen molar-refractivity contribution in [3.63, 3.8) is 0 Å². The maximum Gasteiger partial charge on any atom is 0.336 e. The van der Waals surface area contributed by atoms with E-state index >= 15 is 0 Å². The smallest absolute Gasteiger partial charge is 0.336 e. The van der Waals surface area contributed by atoms with Gasteiger partial charge in [0.25, 0.3) is 0 Å². The van der Waals surface area contributed by atoms with Gasteiger partial charge in [0, 0.05) is 25.3 Å². The summed E-state index contributed by atoms with van der Waals surface area (Å²) in [6.07, 6.45) is 1.92. The highest BCUT2D eigenvalue weighted by Gasteiger charge is 2.40. The third-order valence-electron chi connectivity index (χ3n) is 5.50. The zero-order chi connectivity index (χ0) is 26.2. The summed E-state index contributed by atoms with van der Waals surface area (Å²) in [6.45, 7) is 3.47. The van der Waals surface area contributed by atoms with Crippen LogP contribution in [0.15, 0.2) is 18.6 Å². The van der Waals surface area contributed by atoms with Gasteiger partial charge in [0.1, 0.15) is 24.2 Å². The van der Waals surface area contributed by atoms with Crippen LogP contribution in [-0.4, -0.2) is 88.8 Å². The van der Waals surface area contributed by atoms with E-state index in [0.29, 0.717) is 19.0 Å². The van der Waals surface area contributed by atoms with Gasteiger partial charge in [0.05, 0.1) is 24.3 Å². The molecule has 0 spiro atoms. The summed E-state index contributed by atoms with van der Waals surface area (Å²) < 4.78 is 0. The van der Waals surface area contributed by atoms with E-state index in [1.54, 1.807) is 4.90 Å². The van der Waals surface area contributed by atoms with Gasteiger partial charge in [-0.15, -0.1) is 0 Å². The number of aliphatic hydroxyl groups is 1. The Morgan fingerprint density at radius 2 is 1.89 bits per heavy atom. The Morgan fingerprint density at radius 1 is 1.23 bits per heavy atom. The highest BCUT2D eigenvalue weighted by Crippen LogP contribution is 2.24. The maximum absolute atomic E-state index is 11.9. The fourth-order valence-corrected chi connectivity index (χ4v) is 3.54.